The first-order valence-electron chi connectivity index (χ1n) is 9.20. The number of benzene rings is 2. The van der Waals surface area contributed by atoms with Crippen LogP contribution < -0.4 is 5.73 Å². The highest BCUT2D eigenvalue weighted by atomic mass is 16.6. The quantitative estimate of drug-likeness (QED) is 0.305. The molecule has 0 fully saturated rings. The predicted octanol–water partition coefficient (Wildman–Crippen LogP) is 5.88. The Bertz CT molecular complexity index is 1100. The van der Waals surface area contributed by atoms with E-state index in [4.69, 9.17) is 20.4 Å². The van der Waals surface area contributed by atoms with Gasteiger partial charge in [-0.1, -0.05) is 31.5 Å². The van der Waals surface area contributed by atoms with E-state index >= 15 is 0 Å². The number of hydrogen-bond acceptors (Lipinski definition) is 4. The summed E-state index contributed by atoms with van der Waals surface area (Å²) >= 11 is 0. The number of carbonyl (C=O) groups is 2. The van der Waals surface area contributed by atoms with Gasteiger partial charge in [-0.25, -0.2) is 4.79 Å². The Morgan fingerprint density at radius 1 is 1.28 bits per heavy atom. The number of hydrogen-bond donors (Lipinski definition) is 1. The number of furan rings is 1. The molecule has 8 nitrogen and oxygen atoms in total. The van der Waals surface area contributed by atoms with Crippen molar-refractivity contribution < 1.29 is 18.7 Å². The number of ether oxygens (including phenoxy) is 1. The topological polar surface area (TPSA) is 131 Å². The zero-order chi connectivity index (χ0) is 20.8. The van der Waals surface area contributed by atoms with Crippen LogP contribution in [0, 0.1) is 0 Å². The smallest absolute Gasteiger partial charge is 0.405 e. The van der Waals surface area contributed by atoms with Crippen LogP contribution in [0.4, 0.5) is 4.79 Å². The Hall–Kier alpha value is -3.77. The van der Waals surface area contributed by atoms with E-state index in [0.29, 0.717) is 23.0 Å². The van der Waals surface area contributed by atoms with Crippen LogP contribution in [0.5, 0.6) is 0 Å². The lowest BCUT2D eigenvalue weighted by molar-refractivity contribution is 0.0991. The Labute approximate surface area is 166 Å². The third-order valence-electron chi connectivity index (χ3n) is 4.58. The number of carbonyl (C=O) groups excluding carboxylic acids is 2. The molecule has 2 N–H and O–H groups in total. The van der Waals surface area contributed by atoms with E-state index in [1.807, 2.05) is 24.3 Å². The first kappa shape index (κ1) is 20.0. The average Bonchev–Trinajstić information content (AvgIpc) is 3.19. The van der Waals surface area contributed by atoms with Crippen molar-refractivity contribution in [2.75, 3.05) is 0 Å². The molecule has 0 radical (unpaired) electrons. The van der Waals surface area contributed by atoms with Gasteiger partial charge in [0.25, 0.3) is 0 Å². The molecule has 0 aliphatic rings. The maximum atomic E-state index is 12.1. The minimum absolute atomic E-state index is 0.257. The molecule has 0 aliphatic heterocycles. The van der Waals surface area contributed by atoms with Crippen LogP contribution in [0.2, 0.25) is 0 Å². The number of fused-ring (bicyclic) bond motifs is 1. The van der Waals surface area contributed by atoms with Crippen molar-refractivity contribution in [2.45, 2.75) is 32.3 Å². The van der Waals surface area contributed by atoms with Crippen LogP contribution in [0.1, 0.15) is 48.2 Å². The molecular weight excluding hydrogens is 372 g/mol. The molecule has 3 rings (SSSR count). The van der Waals surface area contributed by atoms with E-state index in [0.717, 1.165) is 24.0 Å². The number of unbranched alkanes of at least 4 members (excludes halogenated alkanes) is 1. The molecule has 2 amide bonds. The van der Waals surface area contributed by atoms with Gasteiger partial charge in [-0.3, -0.25) is 4.79 Å². The lowest BCUT2D eigenvalue weighted by Gasteiger charge is -2.18. The standard InChI is InChI=1S/C21H20N4O4/c1-2-3-7-18(29-21(22)27)14-6-4-5-13(10-14)17-12-16(20(26)24-25-23)11-15-8-9-28-19(15)17/h4-6,8-12,18H,2-3,7H2,1H3,(H2,22,27). The second kappa shape index (κ2) is 8.95. The van der Waals surface area contributed by atoms with E-state index in [1.54, 1.807) is 18.2 Å². The fourth-order valence-electron chi connectivity index (χ4n) is 3.25. The summed E-state index contributed by atoms with van der Waals surface area (Å²) in [5.74, 6) is -0.675. The van der Waals surface area contributed by atoms with Gasteiger partial charge in [0, 0.05) is 21.4 Å². The minimum atomic E-state index is -0.827. The molecule has 0 spiro atoms. The van der Waals surface area contributed by atoms with Crippen LogP contribution in [-0.2, 0) is 4.74 Å². The second-order valence-corrected chi connectivity index (χ2v) is 6.55. The van der Waals surface area contributed by atoms with Crippen molar-refractivity contribution in [3.8, 4) is 11.1 Å². The first-order chi connectivity index (χ1) is 14.0. The predicted molar refractivity (Wildman–Crippen MR) is 108 cm³/mol. The van der Waals surface area contributed by atoms with Crippen molar-refractivity contribution >= 4 is 23.0 Å². The monoisotopic (exact) mass is 392 g/mol. The summed E-state index contributed by atoms with van der Waals surface area (Å²) < 4.78 is 10.9. The van der Waals surface area contributed by atoms with Crippen molar-refractivity contribution in [3.63, 3.8) is 0 Å². The molecule has 1 heterocycles. The number of primary amides is 1. The molecule has 0 bridgehead atoms. The van der Waals surface area contributed by atoms with Gasteiger partial charge in [-0.15, -0.1) is 0 Å². The summed E-state index contributed by atoms with van der Waals surface area (Å²) in [7, 11) is 0. The molecule has 8 heteroatoms. The van der Waals surface area contributed by atoms with Crippen LogP contribution >= 0.6 is 0 Å². The molecular formula is C21H20N4O4. The summed E-state index contributed by atoms with van der Waals surface area (Å²) in [6.07, 6.45) is 2.71. The molecule has 0 aliphatic carbocycles. The van der Waals surface area contributed by atoms with Crippen molar-refractivity contribution in [1.82, 2.24) is 0 Å². The average molecular weight is 392 g/mol. The molecule has 0 saturated heterocycles. The van der Waals surface area contributed by atoms with E-state index < -0.39 is 18.1 Å². The van der Waals surface area contributed by atoms with Crippen LogP contribution in [-0.4, -0.2) is 12.0 Å². The number of nitrogens with zero attached hydrogens (tertiary/aromatic N) is 3. The molecule has 1 unspecified atom stereocenters. The lowest BCUT2D eigenvalue weighted by Crippen LogP contribution is -2.17. The van der Waals surface area contributed by atoms with E-state index in [9.17, 15) is 9.59 Å². The number of nitrogens with two attached hydrogens (primary N) is 1. The van der Waals surface area contributed by atoms with E-state index in [1.165, 1.54) is 6.26 Å². The van der Waals surface area contributed by atoms with Crippen molar-refractivity contribution in [2.24, 2.45) is 10.8 Å². The Kier molecular flexibility index (Phi) is 6.16. The van der Waals surface area contributed by atoms with Gasteiger partial charge in [0.05, 0.1) is 6.26 Å². The molecule has 148 valence electrons. The summed E-state index contributed by atoms with van der Waals surface area (Å²) in [5, 5.41) is 3.88. The maximum absolute atomic E-state index is 12.1. The highest BCUT2D eigenvalue weighted by molar-refractivity contribution is 6.03. The van der Waals surface area contributed by atoms with Crippen molar-refractivity contribution in [1.29, 1.82) is 0 Å². The summed E-state index contributed by atoms with van der Waals surface area (Å²) in [6.45, 7) is 2.05. The molecule has 3 aromatic rings. The highest BCUT2D eigenvalue weighted by Crippen LogP contribution is 2.34. The minimum Gasteiger partial charge on any atom is -0.464 e. The zero-order valence-electron chi connectivity index (χ0n) is 15.9. The molecule has 2 aromatic carbocycles. The Morgan fingerprint density at radius 3 is 2.83 bits per heavy atom. The van der Waals surface area contributed by atoms with Crippen LogP contribution in [0.25, 0.3) is 32.5 Å². The van der Waals surface area contributed by atoms with Gasteiger partial charge in [-0.2, -0.15) is 0 Å². The largest absolute Gasteiger partial charge is 0.464 e. The van der Waals surface area contributed by atoms with Gasteiger partial charge in [0.2, 0.25) is 5.91 Å². The molecule has 1 aromatic heterocycles. The van der Waals surface area contributed by atoms with Gasteiger partial charge in [-0.05, 0) is 58.9 Å². The van der Waals surface area contributed by atoms with Gasteiger partial charge in [0.1, 0.15) is 11.7 Å². The third-order valence-corrected chi connectivity index (χ3v) is 4.58. The number of rotatable bonds is 7. The fourth-order valence-corrected chi connectivity index (χ4v) is 3.25. The molecule has 29 heavy (non-hydrogen) atoms. The van der Waals surface area contributed by atoms with Crippen molar-refractivity contribution in [3.05, 3.63) is 70.3 Å². The van der Waals surface area contributed by atoms with E-state index in [-0.39, 0.29) is 5.56 Å². The van der Waals surface area contributed by atoms with E-state index in [2.05, 4.69) is 16.9 Å². The zero-order valence-corrected chi connectivity index (χ0v) is 15.9. The Balaban J connectivity index is 2.08. The maximum Gasteiger partial charge on any atom is 0.405 e. The highest BCUT2D eigenvalue weighted by Gasteiger charge is 2.18. The van der Waals surface area contributed by atoms with Crippen LogP contribution in [0.3, 0.4) is 0 Å². The fraction of sp³-hybridized carbons (Fsp3) is 0.238. The second-order valence-electron chi connectivity index (χ2n) is 6.55. The number of azide groups is 1. The van der Waals surface area contributed by atoms with Gasteiger partial charge >= 0.3 is 6.09 Å². The third kappa shape index (κ3) is 4.56. The molecule has 1 atom stereocenters. The lowest BCUT2D eigenvalue weighted by atomic mass is 9.96. The van der Waals surface area contributed by atoms with Gasteiger partial charge < -0.3 is 14.9 Å². The normalized spacial score (nSPS) is 11.6. The SMILES string of the molecule is CCCCC(OC(N)=O)c1cccc(-c2cc(C(=O)N=[N+]=[N-])cc3ccoc23)c1. The van der Waals surface area contributed by atoms with Gasteiger partial charge in [0.15, 0.2) is 0 Å². The van der Waals surface area contributed by atoms with Crippen LogP contribution in [0.15, 0.2) is 58.3 Å². The summed E-state index contributed by atoms with van der Waals surface area (Å²) in [6, 6.07) is 12.4. The molecule has 0 saturated carbocycles. The Morgan fingerprint density at radius 2 is 2.10 bits per heavy atom. The first-order valence-corrected chi connectivity index (χ1v) is 9.20. The summed E-state index contributed by atoms with van der Waals surface area (Å²) in [4.78, 5) is 26.0. The number of amides is 2. The summed E-state index contributed by atoms with van der Waals surface area (Å²) in [5.41, 5.74) is 16.9.